The van der Waals surface area contributed by atoms with Gasteiger partial charge >= 0.3 is 5.97 Å². The van der Waals surface area contributed by atoms with Gasteiger partial charge in [-0.3, -0.25) is 4.79 Å². The second kappa shape index (κ2) is 5.62. The van der Waals surface area contributed by atoms with Crippen molar-refractivity contribution in [3.8, 4) is 0 Å². The number of carbonyl (C=O) groups is 1. The van der Waals surface area contributed by atoms with Gasteiger partial charge in [0, 0.05) is 32.5 Å². The van der Waals surface area contributed by atoms with Crippen molar-refractivity contribution in [2.45, 2.75) is 19.1 Å². The van der Waals surface area contributed by atoms with Crippen LogP contribution >= 0.6 is 15.9 Å². The van der Waals surface area contributed by atoms with Gasteiger partial charge in [-0.25, -0.2) is 9.97 Å². The predicted octanol–water partition coefficient (Wildman–Crippen LogP) is 1.51. The highest BCUT2D eigenvalue weighted by molar-refractivity contribution is 9.10. The molecule has 1 saturated heterocycles. The van der Waals surface area contributed by atoms with E-state index in [1.165, 1.54) is 0 Å². The molecule has 1 N–H and O–H groups in total. The largest absolute Gasteiger partial charge is 0.481 e. The number of carboxylic acids is 1. The molecule has 2 heterocycles. The van der Waals surface area contributed by atoms with Gasteiger partial charge in [0.25, 0.3) is 0 Å². The van der Waals surface area contributed by atoms with Crippen molar-refractivity contribution in [3.05, 3.63) is 16.9 Å². The van der Waals surface area contributed by atoms with E-state index < -0.39 is 5.97 Å². The molecule has 2 unspecified atom stereocenters. The molecule has 1 fully saturated rings. The molecule has 0 radical (unpaired) electrons. The minimum absolute atomic E-state index is 0.291. The van der Waals surface area contributed by atoms with Crippen LogP contribution in [0.15, 0.2) is 16.9 Å². The quantitative estimate of drug-likeness (QED) is 0.911. The molecular formula is C11H14BrN3O3. The molecule has 0 amide bonds. The Balaban J connectivity index is 2.14. The van der Waals surface area contributed by atoms with Crippen LogP contribution in [0, 0.1) is 5.92 Å². The van der Waals surface area contributed by atoms with Crippen molar-refractivity contribution in [2.24, 2.45) is 5.92 Å². The topological polar surface area (TPSA) is 75.6 Å². The van der Waals surface area contributed by atoms with Crippen molar-refractivity contribution in [2.75, 3.05) is 18.6 Å². The fourth-order valence-electron chi connectivity index (χ4n) is 2.06. The Morgan fingerprint density at radius 2 is 2.22 bits per heavy atom. The van der Waals surface area contributed by atoms with Gasteiger partial charge in [-0.2, -0.15) is 0 Å². The van der Waals surface area contributed by atoms with Gasteiger partial charge in [-0.1, -0.05) is 0 Å². The lowest BCUT2D eigenvalue weighted by atomic mass is 9.96. The Hall–Kier alpha value is -1.21. The van der Waals surface area contributed by atoms with Gasteiger partial charge < -0.3 is 14.7 Å². The molecule has 1 aromatic rings. The lowest BCUT2D eigenvalue weighted by molar-refractivity contribution is -0.144. The average Bonchev–Trinajstić information content (AvgIpc) is 2.39. The summed E-state index contributed by atoms with van der Waals surface area (Å²) in [6.45, 7) is 0.580. The van der Waals surface area contributed by atoms with Crippen LogP contribution in [-0.2, 0) is 9.53 Å². The van der Waals surface area contributed by atoms with Crippen LogP contribution in [-0.4, -0.2) is 40.9 Å². The Morgan fingerprint density at radius 3 is 2.78 bits per heavy atom. The fraction of sp³-hybridized carbons (Fsp3) is 0.545. The van der Waals surface area contributed by atoms with Crippen LogP contribution < -0.4 is 4.90 Å². The summed E-state index contributed by atoms with van der Waals surface area (Å²) in [4.78, 5) is 21.3. The Morgan fingerprint density at radius 1 is 1.56 bits per heavy atom. The normalized spacial score (nSPS) is 24.0. The maximum Gasteiger partial charge on any atom is 0.306 e. The molecule has 7 heteroatoms. The highest BCUT2D eigenvalue weighted by atomic mass is 79.9. The van der Waals surface area contributed by atoms with E-state index in [4.69, 9.17) is 9.84 Å². The van der Waals surface area contributed by atoms with Crippen LogP contribution in [0.3, 0.4) is 0 Å². The first-order valence-electron chi connectivity index (χ1n) is 5.61. The second-order valence-electron chi connectivity index (χ2n) is 4.14. The number of rotatable bonds is 3. The molecule has 0 aliphatic carbocycles. The van der Waals surface area contributed by atoms with Crippen molar-refractivity contribution in [1.29, 1.82) is 0 Å². The molecule has 1 aromatic heterocycles. The molecule has 6 nitrogen and oxygen atoms in total. The summed E-state index contributed by atoms with van der Waals surface area (Å²) in [7, 11) is 1.57. The molecule has 2 rings (SSSR count). The summed E-state index contributed by atoms with van der Waals surface area (Å²) < 4.78 is 6.15. The third-order valence-corrected chi connectivity index (χ3v) is 3.45. The number of aliphatic carboxylic acids is 1. The second-order valence-corrected chi connectivity index (χ2v) is 5.06. The molecular weight excluding hydrogens is 302 g/mol. The van der Waals surface area contributed by atoms with Crippen molar-refractivity contribution < 1.29 is 14.6 Å². The first-order valence-corrected chi connectivity index (χ1v) is 6.41. The number of piperidine rings is 1. The van der Waals surface area contributed by atoms with Gasteiger partial charge in [-0.05, 0) is 22.4 Å². The summed E-state index contributed by atoms with van der Waals surface area (Å²) in [5.74, 6) is -0.566. The summed E-state index contributed by atoms with van der Waals surface area (Å²) in [5.41, 5.74) is 0. The maximum atomic E-state index is 11.0. The van der Waals surface area contributed by atoms with Crippen LogP contribution in [0.2, 0.25) is 0 Å². The number of halogens is 1. The van der Waals surface area contributed by atoms with E-state index in [1.807, 2.05) is 4.90 Å². The third kappa shape index (κ3) is 2.78. The summed E-state index contributed by atoms with van der Waals surface area (Å²) in [6, 6.07) is 0. The molecule has 18 heavy (non-hydrogen) atoms. The average molecular weight is 316 g/mol. The molecule has 0 aromatic carbocycles. The summed E-state index contributed by atoms with van der Waals surface area (Å²) in [5, 5.41) is 9.03. The molecule has 0 saturated carbocycles. The van der Waals surface area contributed by atoms with E-state index >= 15 is 0 Å². The number of aromatic nitrogens is 2. The van der Waals surface area contributed by atoms with Gasteiger partial charge in [0.1, 0.15) is 6.23 Å². The number of hydrogen-bond acceptors (Lipinski definition) is 5. The lowest BCUT2D eigenvalue weighted by Gasteiger charge is -2.36. The van der Waals surface area contributed by atoms with E-state index in [1.54, 1.807) is 19.5 Å². The van der Waals surface area contributed by atoms with E-state index in [0.29, 0.717) is 25.3 Å². The van der Waals surface area contributed by atoms with Gasteiger partial charge in [-0.15, -0.1) is 0 Å². The summed E-state index contributed by atoms with van der Waals surface area (Å²) >= 11 is 3.28. The standard InChI is InChI=1S/C11H14BrN3O3/c1-18-9-4-7(10(16)17)2-3-15(9)11-13-5-8(12)6-14-11/h5-7,9H,2-4H2,1H3,(H,16,17). The van der Waals surface area contributed by atoms with Crippen LogP contribution in [0.5, 0.6) is 0 Å². The lowest BCUT2D eigenvalue weighted by Crippen LogP contribution is -2.46. The van der Waals surface area contributed by atoms with Crippen molar-refractivity contribution in [1.82, 2.24) is 9.97 Å². The predicted molar refractivity (Wildman–Crippen MR) is 68.2 cm³/mol. The van der Waals surface area contributed by atoms with Crippen LogP contribution in [0.4, 0.5) is 5.95 Å². The Labute approximate surface area is 113 Å². The zero-order chi connectivity index (χ0) is 13.1. The van der Waals surface area contributed by atoms with Crippen molar-refractivity contribution >= 4 is 27.8 Å². The maximum absolute atomic E-state index is 11.0. The Kier molecular flexibility index (Phi) is 4.13. The van der Waals surface area contributed by atoms with Crippen LogP contribution in [0.1, 0.15) is 12.8 Å². The molecule has 2 atom stereocenters. The number of nitrogens with zero attached hydrogens (tertiary/aromatic N) is 3. The minimum atomic E-state index is -0.770. The first-order chi connectivity index (χ1) is 8.61. The fourth-order valence-corrected chi connectivity index (χ4v) is 2.26. The van der Waals surface area contributed by atoms with Crippen molar-refractivity contribution in [3.63, 3.8) is 0 Å². The molecule has 0 bridgehead atoms. The SMILES string of the molecule is COC1CC(C(=O)O)CCN1c1ncc(Br)cn1. The highest BCUT2D eigenvalue weighted by Crippen LogP contribution is 2.26. The summed E-state index contributed by atoms with van der Waals surface area (Å²) in [6.07, 6.45) is 4.07. The molecule has 0 spiro atoms. The smallest absolute Gasteiger partial charge is 0.306 e. The zero-order valence-corrected chi connectivity index (χ0v) is 11.5. The number of anilines is 1. The van der Waals surface area contributed by atoms with Gasteiger partial charge in [0.15, 0.2) is 0 Å². The molecule has 1 aliphatic rings. The minimum Gasteiger partial charge on any atom is -0.481 e. The van der Waals surface area contributed by atoms with Gasteiger partial charge in [0.05, 0.1) is 10.4 Å². The number of ether oxygens (including phenoxy) is 1. The highest BCUT2D eigenvalue weighted by Gasteiger charge is 2.33. The molecule has 98 valence electrons. The zero-order valence-electron chi connectivity index (χ0n) is 9.91. The monoisotopic (exact) mass is 315 g/mol. The third-order valence-electron chi connectivity index (χ3n) is 3.04. The van der Waals surface area contributed by atoms with Crippen LogP contribution in [0.25, 0.3) is 0 Å². The van der Waals surface area contributed by atoms with E-state index in [-0.39, 0.29) is 12.1 Å². The van der Waals surface area contributed by atoms with E-state index in [9.17, 15) is 4.79 Å². The number of methoxy groups -OCH3 is 1. The van der Waals surface area contributed by atoms with E-state index in [0.717, 1.165) is 4.47 Å². The number of carboxylic acid groups (broad SMARTS) is 1. The molecule has 1 aliphatic heterocycles. The first kappa shape index (κ1) is 13.2. The van der Waals surface area contributed by atoms with Gasteiger partial charge in [0.2, 0.25) is 5.95 Å². The Bertz CT molecular complexity index is 426. The van der Waals surface area contributed by atoms with E-state index in [2.05, 4.69) is 25.9 Å². The number of hydrogen-bond donors (Lipinski definition) is 1.